The Kier molecular flexibility index (Phi) is 2.27. The maximum atomic E-state index is 6.48. The van der Waals surface area contributed by atoms with Gasteiger partial charge in [-0.15, -0.1) is 0 Å². The number of hydrogen-bond donors (Lipinski definition) is 0. The third-order valence-corrected chi connectivity index (χ3v) is 6.12. The summed E-state index contributed by atoms with van der Waals surface area (Å²) in [6.45, 7) is 0. The van der Waals surface area contributed by atoms with E-state index < -0.39 is 0 Å². The second kappa shape index (κ2) is 4.24. The van der Waals surface area contributed by atoms with Gasteiger partial charge in [-0.1, -0.05) is 48.5 Å². The third kappa shape index (κ3) is 1.56. The number of ether oxygens (including phenoxy) is 1. The fourth-order valence-corrected chi connectivity index (χ4v) is 5.01. The van der Waals surface area contributed by atoms with Crippen LogP contribution in [0.25, 0.3) is 0 Å². The maximum Gasteiger partial charge on any atom is 0.102 e. The highest BCUT2D eigenvalue weighted by Gasteiger charge is 2.47. The van der Waals surface area contributed by atoms with Crippen LogP contribution in [0.3, 0.4) is 0 Å². The highest BCUT2D eigenvalue weighted by molar-refractivity contribution is 5.59. The molecular weight excluding hydrogens is 280 g/mol. The second-order valence-electron chi connectivity index (χ2n) is 7.24. The molecule has 0 saturated carbocycles. The van der Waals surface area contributed by atoms with Crippen molar-refractivity contribution in [1.82, 2.24) is 0 Å². The van der Waals surface area contributed by atoms with Gasteiger partial charge in [-0.05, 0) is 70.2 Å². The van der Waals surface area contributed by atoms with Gasteiger partial charge in [0, 0.05) is 0 Å². The Morgan fingerprint density at radius 1 is 0.522 bits per heavy atom. The number of rotatable bonds is 0. The molecule has 0 atom stereocenters. The first kappa shape index (κ1) is 12.3. The first-order chi connectivity index (χ1) is 11.4. The standard InChI is InChI=1S/C22H18O/c1-2-6-14-10-18-17(9-13(14)5-1)21-19-11-15-7-3-4-8-16(15)12-20(19)22(18)23-21/h1-8,21-22H,9-12H2. The largest absolute Gasteiger partial charge is 0.357 e. The Morgan fingerprint density at radius 2 is 0.826 bits per heavy atom. The van der Waals surface area contributed by atoms with Crippen molar-refractivity contribution in [2.24, 2.45) is 0 Å². The minimum absolute atomic E-state index is 0.270. The van der Waals surface area contributed by atoms with Crippen LogP contribution >= 0.6 is 0 Å². The minimum Gasteiger partial charge on any atom is -0.357 e. The lowest BCUT2D eigenvalue weighted by Gasteiger charge is -2.30. The van der Waals surface area contributed by atoms with Crippen molar-refractivity contribution in [1.29, 1.82) is 0 Å². The molecule has 2 bridgehead atoms. The van der Waals surface area contributed by atoms with Crippen LogP contribution in [-0.2, 0) is 30.4 Å². The fraction of sp³-hybridized carbons (Fsp3) is 0.273. The molecule has 4 aliphatic rings. The van der Waals surface area contributed by atoms with Crippen LogP contribution in [0.5, 0.6) is 0 Å². The zero-order valence-corrected chi connectivity index (χ0v) is 13.0. The quantitative estimate of drug-likeness (QED) is 0.669. The molecular formula is C22H18O. The molecule has 0 radical (unpaired) electrons. The van der Waals surface area contributed by atoms with Crippen molar-refractivity contribution in [3.63, 3.8) is 0 Å². The lowest BCUT2D eigenvalue weighted by molar-refractivity contribution is 0.117. The van der Waals surface area contributed by atoms with Crippen LogP contribution in [0.2, 0.25) is 0 Å². The summed E-state index contributed by atoms with van der Waals surface area (Å²) >= 11 is 0. The van der Waals surface area contributed by atoms with Crippen LogP contribution in [-0.4, -0.2) is 12.2 Å². The summed E-state index contributed by atoms with van der Waals surface area (Å²) in [6, 6.07) is 17.8. The van der Waals surface area contributed by atoms with Gasteiger partial charge < -0.3 is 4.74 Å². The lowest BCUT2D eigenvalue weighted by Crippen LogP contribution is -2.25. The Hall–Kier alpha value is -2.12. The fourth-order valence-electron chi connectivity index (χ4n) is 5.01. The zero-order chi connectivity index (χ0) is 15.0. The molecule has 2 aliphatic carbocycles. The molecule has 2 aliphatic heterocycles. The van der Waals surface area contributed by atoms with Gasteiger partial charge in [-0.3, -0.25) is 0 Å². The summed E-state index contributed by atoms with van der Waals surface area (Å²) in [4.78, 5) is 0. The highest BCUT2D eigenvalue weighted by atomic mass is 16.5. The highest BCUT2D eigenvalue weighted by Crippen LogP contribution is 2.51. The molecule has 2 aromatic carbocycles. The van der Waals surface area contributed by atoms with Crippen molar-refractivity contribution in [3.8, 4) is 0 Å². The van der Waals surface area contributed by atoms with E-state index in [9.17, 15) is 0 Å². The van der Waals surface area contributed by atoms with E-state index >= 15 is 0 Å². The van der Waals surface area contributed by atoms with E-state index in [0.717, 1.165) is 25.7 Å². The van der Waals surface area contributed by atoms with E-state index in [-0.39, 0.29) is 12.2 Å². The molecule has 23 heavy (non-hydrogen) atoms. The molecule has 0 saturated heterocycles. The average molecular weight is 298 g/mol. The van der Waals surface area contributed by atoms with E-state index in [1.807, 2.05) is 0 Å². The summed E-state index contributed by atoms with van der Waals surface area (Å²) in [5.74, 6) is 0. The van der Waals surface area contributed by atoms with Gasteiger partial charge in [0.25, 0.3) is 0 Å². The molecule has 1 nitrogen and oxygen atoms in total. The van der Waals surface area contributed by atoms with Crippen LogP contribution in [0, 0.1) is 0 Å². The monoisotopic (exact) mass is 298 g/mol. The van der Waals surface area contributed by atoms with Crippen molar-refractivity contribution < 1.29 is 4.74 Å². The van der Waals surface area contributed by atoms with Gasteiger partial charge in [-0.25, -0.2) is 0 Å². The summed E-state index contributed by atoms with van der Waals surface area (Å²) in [6.07, 6.45) is 4.89. The maximum absolute atomic E-state index is 6.48. The Bertz CT molecular complexity index is 770. The van der Waals surface area contributed by atoms with Crippen LogP contribution in [0.15, 0.2) is 70.8 Å². The molecule has 0 N–H and O–H groups in total. The Labute approximate surface area is 136 Å². The van der Waals surface area contributed by atoms with Crippen LogP contribution < -0.4 is 0 Å². The number of fused-ring (bicyclic) bond motifs is 8. The molecule has 0 amide bonds. The molecule has 6 rings (SSSR count). The van der Waals surface area contributed by atoms with E-state index in [2.05, 4.69) is 48.5 Å². The van der Waals surface area contributed by atoms with E-state index in [0.29, 0.717) is 0 Å². The minimum atomic E-state index is 0.270. The van der Waals surface area contributed by atoms with Crippen LogP contribution in [0.1, 0.15) is 22.3 Å². The predicted molar refractivity (Wildman–Crippen MR) is 90.4 cm³/mol. The van der Waals surface area contributed by atoms with E-state index in [4.69, 9.17) is 4.74 Å². The molecule has 0 spiro atoms. The molecule has 0 aromatic heterocycles. The second-order valence-corrected chi connectivity index (χ2v) is 7.24. The van der Waals surface area contributed by atoms with Gasteiger partial charge in [0.05, 0.1) is 0 Å². The normalized spacial score (nSPS) is 26.8. The van der Waals surface area contributed by atoms with Crippen molar-refractivity contribution in [3.05, 3.63) is 93.1 Å². The first-order valence-corrected chi connectivity index (χ1v) is 8.61. The summed E-state index contributed by atoms with van der Waals surface area (Å²) in [5.41, 5.74) is 12.3. The van der Waals surface area contributed by atoms with Gasteiger partial charge in [0.1, 0.15) is 12.2 Å². The van der Waals surface area contributed by atoms with Crippen molar-refractivity contribution in [2.45, 2.75) is 37.9 Å². The first-order valence-electron chi connectivity index (χ1n) is 8.61. The topological polar surface area (TPSA) is 9.23 Å². The zero-order valence-electron chi connectivity index (χ0n) is 13.0. The third-order valence-electron chi connectivity index (χ3n) is 6.12. The molecule has 2 aromatic rings. The van der Waals surface area contributed by atoms with E-state index in [1.54, 1.807) is 22.3 Å². The lowest BCUT2D eigenvalue weighted by atomic mass is 9.72. The number of hydrogen-bond acceptors (Lipinski definition) is 1. The molecule has 1 heteroatoms. The summed E-state index contributed by atoms with van der Waals surface area (Å²) < 4.78 is 6.48. The summed E-state index contributed by atoms with van der Waals surface area (Å²) in [5, 5.41) is 0. The van der Waals surface area contributed by atoms with Gasteiger partial charge in [-0.2, -0.15) is 0 Å². The summed E-state index contributed by atoms with van der Waals surface area (Å²) in [7, 11) is 0. The SMILES string of the molecule is c1ccc2c(c1)CC1=C(C2)C2OC1C1=C2Cc2ccccc2C1. The van der Waals surface area contributed by atoms with Gasteiger partial charge >= 0.3 is 0 Å². The Morgan fingerprint density at radius 3 is 1.13 bits per heavy atom. The molecule has 2 heterocycles. The number of benzene rings is 2. The molecule has 0 unspecified atom stereocenters. The average Bonchev–Trinajstić information content (AvgIpc) is 3.14. The van der Waals surface area contributed by atoms with Gasteiger partial charge in [0.2, 0.25) is 0 Å². The predicted octanol–water partition coefficient (Wildman–Crippen LogP) is 3.96. The van der Waals surface area contributed by atoms with Gasteiger partial charge in [0.15, 0.2) is 0 Å². The smallest absolute Gasteiger partial charge is 0.102 e. The van der Waals surface area contributed by atoms with Crippen LogP contribution in [0.4, 0.5) is 0 Å². The Balaban J connectivity index is 1.42. The van der Waals surface area contributed by atoms with Crippen molar-refractivity contribution in [2.75, 3.05) is 0 Å². The van der Waals surface area contributed by atoms with Crippen molar-refractivity contribution >= 4 is 0 Å². The van der Waals surface area contributed by atoms with E-state index in [1.165, 1.54) is 22.3 Å². The molecule has 0 fully saturated rings. The molecule has 112 valence electrons.